The van der Waals surface area contributed by atoms with Crippen LogP contribution in [0.2, 0.25) is 0 Å². The predicted molar refractivity (Wildman–Crippen MR) is 47.1 cm³/mol. The van der Waals surface area contributed by atoms with Gasteiger partial charge >= 0.3 is 23.9 Å². The first-order chi connectivity index (χ1) is 3.55. The summed E-state index contributed by atoms with van der Waals surface area (Å²) < 4.78 is 0. The van der Waals surface area contributed by atoms with Crippen molar-refractivity contribution in [2.45, 2.75) is 27.7 Å². The van der Waals surface area contributed by atoms with Crippen LogP contribution in [0.4, 0.5) is 0 Å². The quantitative estimate of drug-likeness (QED) is 0.639. The summed E-state index contributed by atoms with van der Waals surface area (Å²) in [6, 6.07) is 0. The average Bonchev–Trinajstić information content (AvgIpc) is 1.64. The van der Waals surface area contributed by atoms with E-state index in [0.717, 1.165) is 11.8 Å². The molecule has 0 aromatic rings. The first kappa shape index (κ1) is 12.5. The van der Waals surface area contributed by atoms with E-state index in [1.165, 1.54) is 0 Å². The van der Waals surface area contributed by atoms with E-state index in [1.54, 1.807) is 0 Å². The molecule has 0 nitrogen and oxygen atoms in total. The second-order valence-electron chi connectivity index (χ2n) is 3.15. The SMILES string of the molecule is [CH2]C(C(C)C)C(C)C.[SnH2]. The van der Waals surface area contributed by atoms with Crippen LogP contribution in [0.15, 0.2) is 0 Å². The molecule has 0 aromatic carbocycles. The van der Waals surface area contributed by atoms with Gasteiger partial charge in [-0.2, -0.15) is 0 Å². The molecule has 0 heterocycles. The normalized spacial score (nSPS) is 10.7. The minimum atomic E-state index is 0. The van der Waals surface area contributed by atoms with E-state index in [-0.39, 0.29) is 23.9 Å². The molecule has 3 radical (unpaired) electrons. The van der Waals surface area contributed by atoms with Crippen LogP contribution in [0, 0.1) is 24.7 Å². The van der Waals surface area contributed by atoms with Crippen LogP contribution in [-0.4, -0.2) is 23.9 Å². The molecule has 0 fully saturated rings. The molecule has 9 heavy (non-hydrogen) atoms. The molecule has 0 saturated heterocycles. The molecule has 0 spiro atoms. The molecular formula is C8H19Sn. The molecule has 0 aliphatic rings. The molecule has 0 unspecified atom stereocenters. The molecule has 0 saturated carbocycles. The van der Waals surface area contributed by atoms with Crippen LogP contribution in [0.3, 0.4) is 0 Å². The first-order valence-electron chi connectivity index (χ1n) is 3.38. The van der Waals surface area contributed by atoms with Gasteiger partial charge in [0, 0.05) is 0 Å². The molecule has 0 amide bonds. The average molecular weight is 234 g/mol. The summed E-state index contributed by atoms with van der Waals surface area (Å²) in [5, 5.41) is 0. The van der Waals surface area contributed by atoms with Crippen LogP contribution < -0.4 is 0 Å². The third kappa shape index (κ3) is 5.25. The zero-order valence-electron chi connectivity index (χ0n) is 7.15. The molecule has 0 atom stereocenters. The first-order valence-corrected chi connectivity index (χ1v) is 3.38. The van der Waals surface area contributed by atoms with Crippen LogP contribution in [0.1, 0.15) is 27.7 Å². The third-order valence-corrected chi connectivity index (χ3v) is 1.71. The van der Waals surface area contributed by atoms with Crippen molar-refractivity contribution in [3.8, 4) is 0 Å². The Morgan fingerprint density at radius 3 is 1.11 bits per heavy atom. The topological polar surface area (TPSA) is 0 Å². The second-order valence-corrected chi connectivity index (χ2v) is 3.15. The molecule has 0 aromatic heterocycles. The van der Waals surface area contributed by atoms with E-state index in [0.29, 0.717) is 5.92 Å². The summed E-state index contributed by atoms with van der Waals surface area (Å²) in [6.45, 7) is 12.9. The van der Waals surface area contributed by atoms with Gasteiger partial charge in [0.05, 0.1) is 0 Å². The zero-order valence-corrected chi connectivity index (χ0v) is 11.2. The Kier molecular flexibility index (Phi) is 7.72. The molecule has 0 aliphatic heterocycles. The van der Waals surface area contributed by atoms with Gasteiger partial charge in [-0.3, -0.25) is 0 Å². The molecule has 55 valence electrons. The van der Waals surface area contributed by atoms with Crippen LogP contribution >= 0.6 is 0 Å². The van der Waals surface area contributed by atoms with E-state index in [4.69, 9.17) is 0 Å². The van der Waals surface area contributed by atoms with Crippen molar-refractivity contribution < 1.29 is 0 Å². The fourth-order valence-corrected chi connectivity index (χ4v) is 0.770. The van der Waals surface area contributed by atoms with Gasteiger partial charge in [0.2, 0.25) is 0 Å². The van der Waals surface area contributed by atoms with E-state index in [9.17, 15) is 0 Å². The summed E-state index contributed by atoms with van der Waals surface area (Å²) in [4.78, 5) is 0. The van der Waals surface area contributed by atoms with Gasteiger partial charge in [0.1, 0.15) is 0 Å². The van der Waals surface area contributed by atoms with Crippen molar-refractivity contribution in [1.29, 1.82) is 0 Å². The molecular weight excluding hydrogens is 215 g/mol. The molecule has 0 aliphatic carbocycles. The number of rotatable bonds is 2. The summed E-state index contributed by atoms with van der Waals surface area (Å²) in [7, 11) is 0. The van der Waals surface area contributed by atoms with Gasteiger partial charge in [0.25, 0.3) is 0 Å². The van der Waals surface area contributed by atoms with Gasteiger partial charge in [0.15, 0.2) is 0 Å². The van der Waals surface area contributed by atoms with Crippen LogP contribution in [0.5, 0.6) is 0 Å². The summed E-state index contributed by atoms with van der Waals surface area (Å²) >= 11 is 0. The van der Waals surface area contributed by atoms with Crippen molar-refractivity contribution in [2.75, 3.05) is 0 Å². The standard InChI is InChI=1S/C8H17.Sn.2H/c1-6(2)8(5)7(3)4;;;/h6-8H,5H2,1-4H3;;;. The molecule has 0 bridgehead atoms. The Balaban J connectivity index is 0. The van der Waals surface area contributed by atoms with Gasteiger partial charge in [-0.05, 0) is 24.7 Å². The second kappa shape index (κ2) is 5.57. The maximum absolute atomic E-state index is 4.04. The van der Waals surface area contributed by atoms with E-state index < -0.39 is 0 Å². The predicted octanol–water partition coefficient (Wildman–Crippen LogP) is 1.83. The van der Waals surface area contributed by atoms with Gasteiger partial charge < -0.3 is 0 Å². The van der Waals surface area contributed by atoms with E-state index in [2.05, 4.69) is 34.6 Å². The fraction of sp³-hybridized carbons (Fsp3) is 0.875. The van der Waals surface area contributed by atoms with Crippen molar-refractivity contribution in [2.24, 2.45) is 17.8 Å². The van der Waals surface area contributed by atoms with E-state index >= 15 is 0 Å². The van der Waals surface area contributed by atoms with E-state index in [1.807, 2.05) is 0 Å². The fourth-order valence-electron chi connectivity index (χ4n) is 0.770. The summed E-state index contributed by atoms with van der Waals surface area (Å²) in [5.74, 6) is 2.08. The van der Waals surface area contributed by atoms with Crippen LogP contribution in [0.25, 0.3) is 0 Å². The summed E-state index contributed by atoms with van der Waals surface area (Å²) in [6.07, 6.45) is 0. The Bertz CT molecular complexity index is 49.6. The van der Waals surface area contributed by atoms with Gasteiger partial charge in [-0.15, -0.1) is 0 Å². The Morgan fingerprint density at radius 2 is 1.11 bits per heavy atom. The van der Waals surface area contributed by atoms with Crippen molar-refractivity contribution in [3.05, 3.63) is 6.92 Å². The van der Waals surface area contributed by atoms with Gasteiger partial charge in [-0.1, -0.05) is 27.7 Å². The Labute approximate surface area is 76.4 Å². The number of hydrogen-bond donors (Lipinski definition) is 0. The third-order valence-electron chi connectivity index (χ3n) is 1.71. The van der Waals surface area contributed by atoms with Gasteiger partial charge in [-0.25, -0.2) is 0 Å². The van der Waals surface area contributed by atoms with Crippen molar-refractivity contribution in [1.82, 2.24) is 0 Å². The maximum atomic E-state index is 4.04. The summed E-state index contributed by atoms with van der Waals surface area (Å²) in [5.41, 5.74) is 0. The zero-order chi connectivity index (χ0) is 6.73. The van der Waals surface area contributed by atoms with Crippen LogP contribution in [-0.2, 0) is 0 Å². The monoisotopic (exact) mass is 235 g/mol. The Hall–Kier alpha value is 0.799. The number of hydrogen-bond acceptors (Lipinski definition) is 0. The minimum absolute atomic E-state index is 0. The Morgan fingerprint density at radius 1 is 0.889 bits per heavy atom. The van der Waals surface area contributed by atoms with Crippen molar-refractivity contribution in [3.63, 3.8) is 0 Å². The molecule has 1 heteroatoms. The van der Waals surface area contributed by atoms with Crippen molar-refractivity contribution >= 4 is 23.9 Å². The molecule has 0 rings (SSSR count). The molecule has 0 N–H and O–H groups in total.